The molecule has 0 fully saturated rings. The van der Waals surface area contributed by atoms with E-state index in [9.17, 15) is 19.2 Å². The monoisotopic (exact) mass is 1000 g/mol. The van der Waals surface area contributed by atoms with E-state index in [1.165, 1.54) is 35.8 Å². The Balaban J connectivity index is 0.977. The average Bonchev–Trinajstić information content (AvgIpc) is 3.98. The van der Waals surface area contributed by atoms with Gasteiger partial charge in [0.15, 0.2) is 6.29 Å². The van der Waals surface area contributed by atoms with Gasteiger partial charge in [-0.2, -0.15) is 10.2 Å². The standard InChI is InChI=1S/C53H50F2N12O5S/c1-5-12-66(13-6-2)52(71)39-19-43-45(55)21-37(22-46(43)60-48(56)24-39)34-8-7-32(3)40(17-34)25-59-67(31-70)27-50-63-64-53(72-50)62-49-16-33(29-68)15-42-44(54)20-38(23-47(42)61-49)35-9-10-36(30-69)41(18-35)26-58-65(4)28-51-57-11-14-73-51/h7-11,14-15,17-23,25-26,29-31H,5-6,12-13,16,24,27-28H2,1-4H3,(H2,56,60)(H,61,62,64)/b58-26-,59-25-. The van der Waals surface area contributed by atoms with Crippen LogP contribution in [0.1, 0.15) is 88.6 Å². The average molecular weight is 1010 g/mol. The highest BCUT2D eigenvalue weighted by molar-refractivity contribution is 7.09. The Kier molecular flexibility index (Phi) is 16.0. The number of amides is 2. The zero-order valence-electron chi connectivity index (χ0n) is 40.4. The molecule has 0 aliphatic carbocycles. The van der Waals surface area contributed by atoms with Crippen LogP contribution in [0.2, 0.25) is 0 Å². The van der Waals surface area contributed by atoms with Crippen LogP contribution in [0.5, 0.6) is 0 Å². The number of rotatable bonds is 19. The van der Waals surface area contributed by atoms with Crippen molar-refractivity contribution in [3.8, 4) is 22.3 Å². The van der Waals surface area contributed by atoms with Gasteiger partial charge in [0.25, 0.3) is 0 Å². The van der Waals surface area contributed by atoms with Gasteiger partial charge in [0, 0.05) is 78.0 Å². The lowest BCUT2D eigenvalue weighted by molar-refractivity contribution is -0.127. The molecule has 0 saturated heterocycles. The van der Waals surface area contributed by atoms with E-state index >= 15 is 8.78 Å². The number of halogens is 2. The van der Waals surface area contributed by atoms with E-state index in [-0.39, 0.29) is 71.3 Å². The number of aryl methyl sites for hydroxylation is 1. The molecular formula is C53H50F2N12O5S. The smallest absolute Gasteiger partial charge is 0.321 e. The minimum Gasteiger partial charge on any atom is -0.406 e. The van der Waals surface area contributed by atoms with Crippen LogP contribution in [0.3, 0.4) is 0 Å². The van der Waals surface area contributed by atoms with Crippen LogP contribution in [-0.2, 0) is 27.5 Å². The number of anilines is 1. The predicted octanol–water partition coefficient (Wildman–Crippen LogP) is 9.27. The fourth-order valence-electron chi connectivity index (χ4n) is 8.12. The summed E-state index contributed by atoms with van der Waals surface area (Å²) in [5.74, 6) is -0.989. The van der Waals surface area contributed by atoms with Gasteiger partial charge in [-0.1, -0.05) is 43.2 Å². The lowest BCUT2D eigenvalue weighted by Gasteiger charge is -2.22. The second-order valence-corrected chi connectivity index (χ2v) is 18.2. The Morgan fingerprint density at radius 1 is 0.808 bits per heavy atom. The molecule has 2 amide bonds. The Labute approximate surface area is 423 Å². The predicted molar refractivity (Wildman–Crippen MR) is 279 cm³/mol. The number of aromatic nitrogens is 3. The zero-order chi connectivity index (χ0) is 51.6. The van der Waals surface area contributed by atoms with Gasteiger partial charge in [0.1, 0.15) is 41.1 Å². The van der Waals surface area contributed by atoms with Gasteiger partial charge in [-0.05, 0) is 102 Å². The second-order valence-electron chi connectivity index (χ2n) is 17.2. The van der Waals surface area contributed by atoms with Gasteiger partial charge in [-0.15, -0.1) is 16.4 Å². The summed E-state index contributed by atoms with van der Waals surface area (Å²) in [5, 5.41) is 25.4. The number of nitrogens with two attached hydrogens (primary N) is 1. The Bertz CT molecular complexity index is 3270. The number of hydrogen-bond acceptors (Lipinski definition) is 16. The highest BCUT2D eigenvalue weighted by atomic mass is 32.1. The summed E-state index contributed by atoms with van der Waals surface area (Å²) < 4.78 is 37.7. The van der Waals surface area contributed by atoms with Crippen molar-refractivity contribution in [2.75, 3.05) is 25.5 Å². The Morgan fingerprint density at radius 2 is 1.49 bits per heavy atom. The van der Waals surface area contributed by atoms with E-state index in [1.54, 1.807) is 71.8 Å². The van der Waals surface area contributed by atoms with Crippen molar-refractivity contribution in [1.82, 2.24) is 30.1 Å². The van der Waals surface area contributed by atoms with Gasteiger partial charge < -0.3 is 15.1 Å². The van der Waals surface area contributed by atoms with Gasteiger partial charge in [-0.3, -0.25) is 29.5 Å². The topological polar surface area (TPSA) is 217 Å². The van der Waals surface area contributed by atoms with E-state index < -0.39 is 11.6 Å². The van der Waals surface area contributed by atoms with Crippen molar-refractivity contribution >= 4 is 89.9 Å². The quantitative estimate of drug-likeness (QED) is 0.0443. The molecule has 2 aromatic heterocycles. The molecule has 0 radical (unpaired) electrons. The molecule has 17 nitrogen and oxygen atoms in total. The first kappa shape index (κ1) is 50.7. The van der Waals surface area contributed by atoms with Crippen LogP contribution >= 0.6 is 11.3 Å². The number of carbonyl (C=O) groups is 4. The number of thiazole rings is 1. The summed E-state index contributed by atoms with van der Waals surface area (Å²) in [6, 6.07) is 16.5. The lowest BCUT2D eigenvalue weighted by Crippen LogP contribution is -2.34. The molecule has 20 heteroatoms. The van der Waals surface area contributed by atoms with Crippen molar-refractivity contribution < 1.29 is 32.4 Å². The third kappa shape index (κ3) is 12.3. The number of hydrazone groups is 2. The van der Waals surface area contributed by atoms with E-state index in [4.69, 9.17) is 10.2 Å². The fourth-order valence-corrected chi connectivity index (χ4v) is 8.78. The van der Waals surface area contributed by atoms with Crippen LogP contribution in [0, 0.1) is 18.6 Å². The highest BCUT2D eigenvalue weighted by Crippen LogP contribution is 2.37. The molecule has 0 spiro atoms. The molecule has 73 heavy (non-hydrogen) atoms. The molecule has 0 saturated carbocycles. The summed E-state index contributed by atoms with van der Waals surface area (Å²) in [6.45, 7) is 7.26. The van der Waals surface area contributed by atoms with Crippen molar-refractivity contribution in [2.45, 2.75) is 59.5 Å². The van der Waals surface area contributed by atoms with Crippen molar-refractivity contribution in [1.29, 1.82) is 0 Å². The third-order valence-electron chi connectivity index (χ3n) is 11.7. The summed E-state index contributed by atoms with van der Waals surface area (Å²) in [4.78, 5) is 65.1. The van der Waals surface area contributed by atoms with Crippen molar-refractivity contribution in [3.05, 3.63) is 139 Å². The normalized spacial score (nSPS) is 13.2. The number of benzene rings is 4. The number of nitrogens with zero attached hydrogens (tertiary/aromatic N) is 10. The molecule has 2 aliphatic rings. The van der Waals surface area contributed by atoms with Crippen LogP contribution in [-0.4, -0.2) is 99.2 Å². The van der Waals surface area contributed by atoms with E-state index in [2.05, 4.69) is 40.7 Å². The largest absolute Gasteiger partial charge is 0.406 e. The Hall–Kier alpha value is -8.65. The minimum absolute atomic E-state index is 0.00134. The highest BCUT2D eigenvalue weighted by Gasteiger charge is 2.24. The molecule has 6 aromatic rings. The zero-order valence-corrected chi connectivity index (χ0v) is 41.2. The molecule has 0 unspecified atom stereocenters. The van der Waals surface area contributed by atoms with Gasteiger partial charge in [0.2, 0.25) is 18.2 Å². The number of carbonyl (C=O) groups excluding carboxylic acids is 4. The first-order valence-corrected chi connectivity index (χ1v) is 24.2. The summed E-state index contributed by atoms with van der Waals surface area (Å²) >= 11 is 1.50. The van der Waals surface area contributed by atoms with Gasteiger partial charge >= 0.3 is 6.01 Å². The SMILES string of the molecule is CCCN(CCC)C(=O)C1=Cc2c(F)cc(-c3ccc(C)c(/C=N\N(C=O)Cc4nnc(NC5=Nc6cc(-c7ccc(C=O)c(/C=N\N(C)Cc8nccs8)c7)cc(F)c6C=C(C=O)C5)o4)c3)cc2N=C(N)C1. The van der Waals surface area contributed by atoms with Crippen molar-refractivity contribution in [2.24, 2.45) is 25.9 Å². The van der Waals surface area contributed by atoms with Crippen molar-refractivity contribution in [3.63, 3.8) is 0 Å². The molecule has 8 rings (SSSR count). The number of hydrogen-bond donors (Lipinski definition) is 2. The Morgan fingerprint density at radius 3 is 2.16 bits per heavy atom. The number of aliphatic imine (C=N–C) groups is 2. The maximum absolute atomic E-state index is 16.0. The molecule has 372 valence electrons. The number of nitrogens with one attached hydrogen (secondary N) is 1. The molecule has 2 aliphatic heterocycles. The molecule has 3 N–H and O–H groups in total. The van der Waals surface area contributed by atoms with Crippen LogP contribution < -0.4 is 11.1 Å². The summed E-state index contributed by atoms with van der Waals surface area (Å²) in [6.07, 6.45) is 11.2. The molecule has 0 bridgehead atoms. The van der Waals surface area contributed by atoms with E-state index in [0.717, 1.165) is 34.7 Å². The number of amidine groups is 2. The maximum Gasteiger partial charge on any atom is 0.321 e. The minimum atomic E-state index is -0.627. The third-order valence-corrected chi connectivity index (χ3v) is 12.5. The van der Waals surface area contributed by atoms with Crippen LogP contribution in [0.25, 0.3) is 34.4 Å². The maximum atomic E-state index is 16.0. The fraction of sp³-hybridized carbons (Fsp3) is 0.226. The first-order valence-electron chi connectivity index (χ1n) is 23.3. The number of aldehydes is 2. The lowest BCUT2D eigenvalue weighted by atomic mass is 9.97. The molecule has 0 atom stereocenters. The van der Waals surface area contributed by atoms with Gasteiger partial charge in [-0.25, -0.2) is 28.8 Å². The van der Waals surface area contributed by atoms with E-state index in [1.807, 2.05) is 38.3 Å². The summed E-state index contributed by atoms with van der Waals surface area (Å²) in [7, 11) is 1.79. The molecule has 4 aromatic carbocycles. The summed E-state index contributed by atoms with van der Waals surface area (Å²) in [5.41, 5.74) is 12.2. The van der Waals surface area contributed by atoms with Gasteiger partial charge in [0.05, 0.1) is 30.3 Å². The van der Waals surface area contributed by atoms with Crippen LogP contribution in [0.4, 0.5) is 26.2 Å². The van der Waals surface area contributed by atoms with Crippen LogP contribution in [0.15, 0.2) is 108 Å². The molecular weight excluding hydrogens is 955 g/mol. The van der Waals surface area contributed by atoms with E-state index in [0.29, 0.717) is 82.5 Å². The first-order chi connectivity index (χ1) is 35.3. The second kappa shape index (κ2) is 23.1. The molecule has 4 heterocycles. The number of fused-ring (bicyclic) bond motifs is 2.